The largest absolute Gasteiger partial charge is 0.327 e. The lowest BCUT2D eigenvalue weighted by Crippen LogP contribution is -1.94. The second kappa shape index (κ2) is 8.82. The first-order chi connectivity index (χ1) is 5.16. The highest BCUT2D eigenvalue weighted by Gasteiger charge is 1.86. The maximum absolute atomic E-state index is 5.37. The molecule has 1 nitrogen and oxygen atoms in total. The SMILES string of the molecule is CC(C)=CCCC(C)=CCN.Cl. The molecule has 0 spiro atoms. The Hall–Kier alpha value is -0.270. The van der Waals surface area contributed by atoms with Crippen molar-refractivity contribution in [3.05, 3.63) is 23.3 Å². The van der Waals surface area contributed by atoms with Gasteiger partial charge in [0.15, 0.2) is 0 Å². The van der Waals surface area contributed by atoms with Crippen molar-refractivity contribution >= 4 is 12.4 Å². The third kappa shape index (κ3) is 9.73. The van der Waals surface area contributed by atoms with Crippen LogP contribution < -0.4 is 5.73 Å². The van der Waals surface area contributed by atoms with E-state index in [0.717, 1.165) is 12.8 Å². The van der Waals surface area contributed by atoms with Crippen LogP contribution in [0.5, 0.6) is 0 Å². The highest BCUT2D eigenvalue weighted by molar-refractivity contribution is 5.85. The highest BCUT2D eigenvalue weighted by Crippen LogP contribution is 2.05. The average molecular weight is 190 g/mol. The number of hydrogen-bond acceptors (Lipinski definition) is 1. The first-order valence-electron chi connectivity index (χ1n) is 4.16. The number of halogens is 1. The molecule has 0 fully saturated rings. The van der Waals surface area contributed by atoms with E-state index in [1.54, 1.807) is 0 Å². The summed E-state index contributed by atoms with van der Waals surface area (Å²) in [6.07, 6.45) is 6.62. The van der Waals surface area contributed by atoms with Gasteiger partial charge in [-0.1, -0.05) is 23.3 Å². The Labute approximate surface area is 82.1 Å². The van der Waals surface area contributed by atoms with Gasteiger partial charge in [-0.3, -0.25) is 0 Å². The molecule has 0 rings (SSSR count). The number of rotatable bonds is 4. The van der Waals surface area contributed by atoms with E-state index in [-0.39, 0.29) is 12.4 Å². The quantitative estimate of drug-likeness (QED) is 0.676. The fourth-order valence-corrected chi connectivity index (χ4v) is 0.892. The Morgan fingerprint density at radius 2 is 1.75 bits per heavy atom. The molecule has 0 unspecified atom stereocenters. The molecule has 0 bridgehead atoms. The van der Waals surface area contributed by atoms with Gasteiger partial charge < -0.3 is 5.73 Å². The van der Waals surface area contributed by atoms with Gasteiger partial charge in [0, 0.05) is 6.54 Å². The first kappa shape index (κ1) is 14.3. The van der Waals surface area contributed by atoms with E-state index < -0.39 is 0 Å². The highest BCUT2D eigenvalue weighted by atomic mass is 35.5. The summed E-state index contributed by atoms with van der Waals surface area (Å²) in [5.41, 5.74) is 8.16. The maximum Gasteiger partial charge on any atom is 0.0109 e. The van der Waals surface area contributed by atoms with Gasteiger partial charge in [0.25, 0.3) is 0 Å². The number of hydrogen-bond donors (Lipinski definition) is 1. The van der Waals surface area contributed by atoms with E-state index in [4.69, 9.17) is 5.73 Å². The molecule has 2 N–H and O–H groups in total. The Balaban J connectivity index is 0. The van der Waals surface area contributed by atoms with E-state index in [2.05, 4.69) is 32.9 Å². The van der Waals surface area contributed by atoms with Gasteiger partial charge in [0.1, 0.15) is 0 Å². The molecule has 0 saturated heterocycles. The lowest BCUT2D eigenvalue weighted by molar-refractivity contribution is 0.956. The first-order valence-corrected chi connectivity index (χ1v) is 4.16. The standard InChI is InChI=1S/C10H19N.ClH/c1-9(2)5-4-6-10(3)7-8-11;/h5,7H,4,6,8,11H2,1-3H3;1H. The fourth-order valence-electron chi connectivity index (χ4n) is 0.892. The zero-order valence-electron chi connectivity index (χ0n) is 8.26. The molecule has 0 aromatic carbocycles. The summed E-state index contributed by atoms with van der Waals surface area (Å²) in [7, 11) is 0. The van der Waals surface area contributed by atoms with Crippen LogP contribution in [0, 0.1) is 0 Å². The second-order valence-corrected chi connectivity index (χ2v) is 3.11. The van der Waals surface area contributed by atoms with Crippen molar-refractivity contribution in [3.8, 4) is 0 Å². The van der Waals surface area contributed by atoms with Crippen LogP contribution in [0.4, 0.5) is 0 Å². The van der Waals surface area contributed by atoms with Crippen LogP contribution in [0.25, 0.3) is 0 Å². The molecule has 0 aliphatic rings. The van der Waals surface area contributed by atoms with Gasteiger partial charge >= 0.3 is 0 Å². The molecule has 2 heteroatoms. The lowest BCUT2D eigenvalue weighted by atomic mass is 10.1. The van der Waals surface area contributed by atoms with Crippen LogP contribution in [0.3, 0.4) is 0 Å². The maximum atomic E-state index is 5.37. The summed E-state index contributed by atoms with van der Waals surface area (Å²) in [5.74, 6) is 0. The van der Waals surface area contributed by atoms with E-state index in [0.29, 0.717) is 6.54 Å². The molecular weight excluding hydrogens is 170 g/mol. The minimum Gasteiger partial charge on any atom is -0.327 e. The molecule has 12 heavy (non-hydrogen) atoms. The topological polar surface area (TPSA) is 26.0 Å². The Morgan fingerprint density at radius 1 is 1.17 bits per heavy atom. The third-order valence-electron chi connectivity index (χ3n) is 1.56. The van der Waals surface area contributed by atoms with Crippen molar-refractivity contribution in [2.45, 2.75) is 33.6 Å². The van der Waals surface area contributed by atoms with Gasteiger partial charge in [-0.15, -0.1) is 12.4 Å². The molecule has 72 valence electrons. The van der Waals surface area contributed by atoms with Crippen LogP contribution in [0.1, 0.15) is 33.6 Å². The normalized spacial score (nSPS) is 10.5. The van der Waals surface area contributed by atoms with Gasteiger partial charge in [-0.25, -0.2) is 0 Å². The van der Waals surface area contributed by atoms with Crippen LogP contribution in [-0.4, -0.2) is 6.54 Å². The minimum absolute atomic E-state index is 0. The summed E-state index contributed by atoms with van der Waals surface area (Å²) in [4.78, 5) is 0. The van der Waals surface area contributed by atoms with Crippen LogP contribution in [0.2, 0.25) is 0 Å². The molecule has 0 aliphatic heterocycles. The molecule has 0 saturated carbocycles. The van der Waals surface area contributed by atoms with E-state index in [1.165, 1.54) is 11.1 Å². The molecule has 0 amide bonds. The van der Waals surface area contributed by atoms with Crippen molar-refractivity contribution in [1.82, 2.24) is 0 Å². The Morgan fingerprint density at radius 3 is 2.17 bits per heavy atom. The Kier molecular flexibility index (Phi) is 10.5. The molecular formula is C10H20ClN. The van der Waals surface area contributed by atoms with Crippen molar-refractivity contribution in [3.63, 3.8) is 0 Å². The number of nitrogens with two attached hydrogens (primary N) is 1. The third-order valence-corrected chi connectivity index (χ3v) is 1.56. The van der Waals surface area contributed by atoms with E-state index in [9.17, 15) is 0 Å². The summed E-state index contributed by atoms with van der Waals surface area (Å²) < 4.78 is 0. The zero-order chi connectivity index (χ0) is 8.69. The zero-order valence-corrected chi connectivity index (χ0v) is 9.08. The molecule has 0 atom stereocenters. The smallest absolute Gasteiger partial charge is 0.0109 e. The molecule has 0 aliphatic carbocycles. The van der Waals surface area contributed by atoms with Crippen molar-refractivity contribution in [2.24, 2.45) is 5.73 Å². The van der Waals surface area contributed by atoms with Crippen LogP contribution in [-0.2, 0) is 0 Å². The Bertz CT molecular complexity index is 155. The van der Waals surface area contributed by atoms with E-state index in [1.807, 2.05) is 0 Å². The summed E-state index contributed by atoms with van der Waals surface area (Å²) >= 11 is 0. The monoisotopic (exact) mass is 189 g/mol. The molecule has 0 aromatic heterocycles. The van der Waals surface area contributed by atoms with Crippen molar-refractivity contribution in [1.29, 1.82) is 0 Å². The minimum atomic E-state index is 0. The fraction of sp³-hybridized carbons (Fsp3) is 0.600. The van der Waals surface area contributed by atoms with Gasteiger partial charge in [0.2, 0.25) is 0 Å². The summed E-state index contributed by atoms with van der Waals surface area (Å²) in [6, 6.07) is 0. The summed E-state index contributed by atoms with van der Waals surface area (Å²) in [6.45, 7) is 7.05. The van der Waals surface area contributed by atoms with Crippen molar-refractivity contribution < 1.29 is 0 Å². The predicted octanol–water partition coefficient (Wildman–Crippen LogP) is 3.06. The van der Waals surface area contributed by atoms with Gasteiger partial charge in [-0.2, -0.15) is 0 Å². The van der Waals surface area contributed by atoms with Crippen LogP contribution >= 0.6 is 12.4 Å². The number of allylic oxidation sites excluding steroid dienone is 3. The van der Waals surface area contributed by atoms with Crippen LogP contribution in [0.15, 0.2) is 23.3 Å². The van der Waals surface area contributed by atoms with Gasteiger partial charge in [0.05, 0.1) is 0 Å². The molecule has 0 aromatic rings. The molecule has 0 radical (unpaired) electrons. The van der Waals surface area contributed by atoms with Crippen molar-refractivity contribution in [2.75, 3.05) is 6.54 Å². The average Bonchev–Trinajstić information content (AvgIpc) is 1.87. The molecule has 0 heterocycles. The van der Waals surface area contributed by atoms with E-state index >= 15 is 0 Å². The lowest BCUT2D eigenvalue weighted by Gasteiger charge is -1.96. The predicted molar refractivity (Wildman–Crippen MR) is 58.7 cm³/mol. The summed E-state index contributed by atoms with van der Waals surface area (Å²) in [5, 5.41) is 0. The second-order valence-electron chi connectivity index (χ2n) is 3.11. The van der Waals surface area contributed by atoms with Gasteiger partial charge in [-0.05, 0) is 33.6 Å².